The molecule has 0 aromatic carbocycles. The van der Waals surface area contributed by atoms with E-state index in [-0.39, 0.29) is 8.80 Å². The molecule has 0 aliphatic heterocycles. The molecule has 3 heteroatoms. The van der Waals surface area contributed by atoms with Gasteiger partial charge in [-0.05, 0) is 18.6 Å². The molecule has 1 unspecified atom stereocenters. The third kappa shape index (κ3) is 4.86. The number of ketones is 1. The maximum atomic E-state index is 11.2. The van der Waals surface area contributed by atoms with Crippen molar-refractivity contribution in [2.24, 2.45) is 0 Å². The normalized spacial score (nSPS) is 23.9. The van der Waals surface area contributed by atoms with E-state index < -0.39 is 0 Å². The summed E-state index contributed by atoms with van der Waals surface area (Å²) in [5.41, 5.74) is 0. The molecule has 0 aromatic heterocycles. The van der Waals surface area contributed by atoms with Crippen LogP contribution in [0, 0.1) is 0 Å². The maximum absolute atomic E-state index is 11.2. The van der Waals surface area contributed by atoms with Gasteiger partial charge in [-0.3, -0.25) is 4.79 Å². The summed E-state index contributed by atoms with van der Waals surface area (Å²) in [4.78, 5) is 11.2. The van der Waals surface area contributed by atoms with E-state index in [0.29, 0.717) is 11.0 Å². The van der Waals surface area contributed by atoms with E-state index in [1.165, 1.54) is 18.2 Å². The largest absolute Gasteiger partial charge is 0.300 e. The second kappa shape index (κ2) is 5.86. The first-order valence-corrected chi connectivity index (χ1v) is 8.86. The molecule has 1 nitrogen and oxygen atoms in total. The maximum Gasteiger partial charge on any atom is 0.134 e. The van der Waals surface area contributed by atoms with Gasteiger partial charge in [-0.2, -0.15) is 11.8 Å². The molecule has 0 bridgehead atoms. The summed E-state index contributed by atoms with van der Waals surface area (Å²) in [7, 11) is -0.0540. The van der Waals surface area contributed by atoms with Crippen molar-refractivity contribution in [1.82, 2.24) is 0 Å². The lowest BCUT2D eigenvalue weighted by Gasteiger charge is -2.20. The van der Waals surface area contributed by atoms with Crippen LogP contribution in [0.4, 0.5) is 0 Å². The van der Waals surface area contributed by atoms with E-state index in [2.05, 4.69) is 13.1 Å². The fourth-order valence-corrected chi connectivity index (χ4v) is 4.63. The number of hydrogen-bond donors (Lipinski definition) is 0. The lowest BCUT2D eigenvalue weighted by molar-refractivity contribution is -0.120. The van der Waals surface area contributed by atoms with Gasteiger partial charge in [0.15, 0.2) is 0 Å². The van der Waals surface area contributed by atoms with Crippen LogP contribution in [-0.2, 0) is 4.79 Å². The molecule has 13 heavy (non-hydrogen) atoms. The van der Waals surface area contributed by atoms with Crippen molar-refractivity contribution in [1.29, 1.82) is 0 Å². The topological polar surface area (TPSA) is 17.1 Å². The summed E-state index contributed by atoms with van der Waals surface area (Å²) in [6.07, 6.45) is 4.09. The SMILES string of the molecule is C[Si](C)CCSC1CCCC(=O)C1. The van der Waals surface area contributed by atoms with Crippen LogP contribution in [0.25, 0.3) is 0 Å². The third-order valence-electron chi connectivity index (χ3n) is 2.39. The standard InChI is InChI=1S/C10H19OSSi/c1-13(2)7-6-12-10-5-3-4-9(11)8-10/h10H,3-8H2,1-2H3. The summed E-state index contributed by atoms with van der Waals surface area (Å²) in [5, 5.41) is 0.655. The van der Waals surface area contributed by atoms with Crippen molar-refractivity contribution >= 4 is 26.3 Å². The lowest BCUT2D eigenvalue weighted by atomic mass is 9.99. The van der Waals surface area contributed by atoms with E-state index in [1.54, 1.807) is 0 Å². The highest BCUT2D eigenvalue weighted by atomic mass is 32.2. The Hall–Kier alpha value is 0.237. The number of Topliss-reactive ketones (excluding diaryl/α,β-unsaturated/α-hetero) is 1. The van der Waals surface area contributed by atoms with E-state index in [0.717, 1.165) is 19.3 Å². The summed E-state index contributed by atoms with van der Waals surface area (Å²) in [6.45, 7) is 4.72. The first kappa shape index (κ1) is 11.3. The van der Waals surface area contributed by atoms with E-state index in [4.69, 9.17) is 0 Å². The molecule has 1 radical (unpaired) electrons. The summed E-state index contributed by atoms with van der Waals surface area (Å²) in [5.74, 6) is 1.77. The molecule has 1 aliphatic carbocycles. The van der Waals surface area contributed by atoms with Crippen molar-refractivity contribution in [2.75, 3.05) is 5.75 Å². The van der Waals surface area contributed by atoms with Crippen LogP contribution in [-0.4, -0.2) is 25.6 Å². The zero-order chi connectivity index (χ0) is 9.68. The van der Waals surface area contributed by atoms with Crippen molar-refractivity contribution in [3.05, 3.63) is 0 Å². The van der Waals surface area contributed by atoms with Crippen molar-refractivity contribution in [3.63, 3.8) is 0 Å². The Morgan fingerprint density at radius 3 is 2.92 bits per heavy atom. The Morgan fingerprint density at radius 2 is 2.31 bits per heavy atom. The van der Waals surface area contributed by atoms with Crippen LogP contribution >= 0.6 is 11.8 Å². The minimum Gasteiger partial charge on any atom is -0.300 e. The average molecular weight is 215 g/mol. The monoisotopic (exact) mass is 215 g/mol. The molecule has 0 spiro atoms. The first-order valence-electron chi connectivity index (χ1n) is 5.11. The third-order valence-corrected chi connectivity index (χ3v) is 5.32. The summed E-state index contributed by atoms with van der Waals surface area (Å²) in [6, 6.07) is 1.39. The van der Waals surface area contributed by atoms with Crippen molar-refractivity contribution in [3.8, 4) is 0 Å². The predicted molar refractivity (Wildman–Crippen MR) is 62.0 cm³/mol. The highest BCUT2D eigenvalue weighted by molar-refractivity contribution is 8.00. The van der Waals surface area contributed by atoms with Gasteiger partial charge in [-0.15, -0.1) is 0 Å². The molecule has 0 amide bonds. The Labute approximate surface area is 87.3 Å². The lowest BCUT2D eigenvalue weighted by Crippen LogP contribution is -2.17. The number of rotatable bonds is 4. The van der Waals surface area contributed by atoms with Crippen molar-refractivity contribution in [2.45, 2.75) is 50.1 Å². The first-order chi connectivity index (χ1) is 6.18. The average Bonchev–Trinajstić information content (AvgIpc) is 2.03. The van der Waals surface area contributed by atoms with Gasteiger partial charge in [0.1, 0.15) is 5.78 Å². The molecule has 1 fully saturated rings. The van der Waals surface area contributed by atoms with Gasteiger partial charge in [0, 0.05) is 26.9 Å². The molecule has 1 aliphatic rings. The number of carbonyl (C=O) groups is 1. The molecule has 1 rings (SSSR count). The van der Waals surface area contributed by atoms with Crippen molar-refractivity contribution < 1.29 is 4.79 Å². The van der Waals surface area contributed by atoms with Gasteiger partial charge >= 0.3 is 0 Å². The predicted octanol–water partition coefficient (Wildman–Crippen LogP) is 2.99. The van der Waals surface area contributed by atoms with Gasteiger partial charge in [-0.25, -0.2) is 0 Å². The van der Waals surface area contributed by atoms with Gasteiger partial charge in [0.25, 0.3) is 0 Å². The van der Waals surface area contributed by atoms with Crippen LogP contribution in [0.5, 0.6) is 0 Å². The van der Waals surface area contributed by atoms with Gasteiger partial charge in [0.05, 0.1) is 0 Å². The second-order valence-electron chi connectivity index (χ2n) is 4.08. The van der Waals surface area contributed by atoms with Crippen LogP contribution in [0.15, 0.2) is 0 Å². The Kier molecular flexibility index (Phi) is 5.10. The molecule has 0 saturated heterocycles. The highest BCUT2D eigenvalue weighted by Crippen LogP contribution is 2.27. The Bertz CT molecular complexity index is 170. The minimum absolute atomic E-state index is 0.0540. The molecular weight excluding hydrogens is 196 g/mol. The molecule has 0 heterocycles. The molecule has 0 N–H and O–H groups in total. The Balaban J connectivity index is 2.10. The molecule has 75 valence electrons. The summed E-state index contributed by atoms with van der Waals surface area (Å²) < 4.78 is 0. The molecule has 1 saturated carbocycles. The fraction of sp³-hybridized carbons (Fsp3) is 0.900. The number of thioether (sulfide) groups is 1. The second-order valence-corrected chi connectivity index (χ2v) is 8.41. The number of hydrogen-bond acceptors (Lipinski definition) is 2. The quantitative estimate of drug-likeness (QED) is 0.671. The Morgan fingerprint density at radius 1 is 1.54 bits per heavy atom. The van der Waals surface area contributed by atoms with Crippen LogP contribution in [0.3, 0.4) is 0 Å². The van der Waals surface area contributed by atoms with Crippen LogP contribution in [0.1, 0.15) is 25.7 Å². The number of carbonyl (C=O) groups excluding carboxylic acids is 1. The van der Waals surface area contributed by atoms with E-state index in [9.17, 15) is 4.79 Å². The molecular formula is C10H19OSSi. The zero-order valence-electron chi connectivity index (χ0n) is 8.64. The van der Waals surface area contributed by atoms with Crippen LogP contribution < -0.4 is 0 Å². The smallest absolute Gasteiger partial charge is 0.134 e. The highest BCUT2D eigenvalue weighted by Gasteiger charge is 2.19. The fourth-order valence-electron chi connectivity index (χ4n) is 1.56. The molecule has 1 atom stereocenters. The van der Waals surface area contributed by atoms with Gasteiger partial charge in [-0.1, -0.05) is 19.1 Å². The van der Waals surface area contributed by atoms with Gasteiger partial charge < -0.3 is 0 Å². The van der Waals surface area contributed by atoms with Crippen LogP contribution in [0.2, 0.25) is 19.1 Å². The van der Waals surface area contributed by atoms with E-state index in [1.807, 2.05) is 11.8 Å². The minimum atomic E-state index is -0.0540. The van der Waals surface area contributed by atoms with E-state index >= 15 is 0 Å². The summed E-state index contributed by atoms with van der Waals surface area (Å²) >= 11 is 2.03. The molecule has 0 aromatic rings. The zero-order valence-corrected chi connectivity index (χ0v) is 10.5. The van der Waals surface area contributed by atoms with Gasteiger partial charge in [0.2, 0.25) is 0 Å².